The van der Waals surface area contributed by atoms with Gasteiger partial charge in [0.25, 0.3) is 0 Å². The average molecular weight is 224 g/mol. The van der Waals surface area contributed by atoms with Gasteiger partial charge >= 0.3 is 0 Å². The molecule has 14 heavy (non-hydrogen) atoms. The normalized spacial score (nSPS) is 43.9. The van der Waals surface area contributed by atoms with Crippen LogP contribution in [0.15, 0.2) is 0 Å². The summed E-state index contributed by atoms with van der Waals surface area (Å²) in [4.78, 5) is 0. The number of hydrogen-bond donors (Lipinski definition) is 4. The quantitative estimate of drug-likeness (QED) is 0.468. The molecule has 0 radical (unpaired) electrons. The first-order valence-corrected chi connectivity index (χ1v) is 5.58. The molecule has 84 valence electrons. The minimum absolute atomic E-state index is 0.369. The van der Waals surface area contributed by atoms with Crippen LogP contribution in [0.3, 0.4) is 0 Å². The third kappa shape index (κ3) is 2.39. The van der Waals surface area contributed by atoms with Crippen molar-refractivity contribution >= 4 is 11.8 Å². The predicted octanol–water partition coefficient (Wildman–Crippen LogP) is -1.46. The Morgan fingerprint density at radius 1 is 1.14 bits per heavy atom. The molecule has 4 N–H and O–H groups in total. The highest BCUT2D eigenvalue weighted by Crippen LogP contribution is 2.27. The van der Waals surface area contributed by atoms with Crippen LogP contribution in [0.4, 0.5) is 0 Å². The van der Waals surface area contributed by atoms with Gasteiger partial charge in [-0.25, -0.2) is 0 Å². The lowest BCUT2D eigenvalue weighted by Gasteiger charge is -2.39. The van der Waals surface area contributed by atoms with Crippen molar-refractivity contribution in [3.8, 4) is 0 Å². The highest BCUT2D eigenvalue weighted by molar-refractivity contribution is 7.99. The first-order valence-electron chi connectivity index (χ1n) is 4.54. The van der Waals surface area contributed by atoms with E-state index < -0.39 is 29.9 Å². The van der Waals surface area contributed by atoms with E-state index in [2.05, 4.69) is 0 Å². The van der Waals surface area contributed by atoms with Crippen LogP contribution in [0.1, 0.15) is 6.92 Å². The molecule has 1 saturated heterocycles. The molecule has 1 heterocycles. The van der Waals surface area contributed by atoms with Crippen molar-refractivity contribution < 1.29 is 25.2 Å². The van der Waals surface area contributed by atoms with Crippen LogP contribution in [0.5, 0.6) is 0 Å². The summed E-state index contributed by atoms with van der Waals surface area (Å²) in [5, 5.41) is 37.2. The summed E-state index contributed by atoms with van der Waals surface area (Å²) in [6, 6.07) is 0. The minimum Gasteiger partial charge on any atom is -0.394 e. The van der Waals surface area contributed by atoms with Crippen molar-refractivity contribution in [3.05, 3.63) is 0 Å². The standard InChI is InChI=1S/C8H16O5S/c1-2-14-8-7(12)6(11)5(10)4(3-9)13-8/h4-12H,2-3H2,1H3/t4?,5-,6?,7+,8+/m1/s1. The summed E-state index contributed by atoms with van der Waals surface area (Å²) < 4.78 is 5.22. The largest absolute Gasteiger partial charge is 0.394 e. The topological polar surface area (TPSA) is 90.2 Å². The zero-order chi connectivity index (χ0) is 10.7. The van der Waals surface area contributed by atoms with Crippen LogP contribution in [0.25, 0.3) is 0 Å². The predicted molar refractivity (Wildman–Crippen MR) is 51.9 cm³/mol. The van der Waals surface area contributed by atoms with Gasteiger partial charge in [-0.15, -0.1) is 11.8 Å². The SMILES string of the molecule is CCS[C@@H]1OC(CO)[C@@H](O)C(O)[C@@H]1O. The second-order valence-corrected chi connectivity index (χ2v) is 4.53. The van der Waals surface area contributed by atoms with Crippen LogP contribution < -0.4 is 0 Å². The summed E-state index contributed by atoms with van der Waals surface area (Å²) in [6.07, 6.45) is -4.43. The van der Waals surface area contributed by atoms with Crippen molar-refractivity contribution in [2.45, 2.75) is 36.8 Å². The second kappa shape index (κ2) is 5.29. The van der Waals surface area contributed by atoms with E-state index >= 15 is 0 Å². The molecule has 0 amide bonds. The summed E-state index contributed by atoms with van der Waals surface area (Å²) in [7, 11) is 0. The minimum atomic E-state index is -1.26. The molecular weight excluding hydrogens is 208 g/mol. The zero-order valence-corrected chi connectivity index (χ0v) is 8.72. The van der Waals surface area contributed by atoms with Gasteiger partial charge in [-0.2, -0.15) is 0 Å². The molecule has 2 unspecified atom stereocenters. The van der Waals surface area contributed by atoms with Crippen molar-refractivity contribution in [3.63, 3.8) is 0 Å². The molecule has 1 aliphatic heterocycles. The number of aliphatic hydroxyl groups is 4. The van der Waals surface area contributed by atoms with E-state index in [4.69, 9.17) is 9.84 Å². The van der Waals surface area contributed by atoms with Crippen LogP contribution >= 0.6 is 11.8 Å². The Labute approximate surface area is 86.7 Å². The zero-order valence-electron chi connectivity index (χ0n) is 7.91. The second-order valence-electron chi connectivity index (χ2n) is 3.15. The average Bonchev–Trinajstić information content (AvgIpc) is 2.19. The Balaban J connectivity index is 2.63. The van der Waals surface area contributed by atoms with Gasteiger partial charge < -0.3 is 25.2 Å². The number of thioether (sulfide) groups is 1. The van der Waals surface area contributed by atoms with Gasteiger partial charge in [-0.3, -0.25) is 0 Å². The lowest BCUT2D eigenvalue weighted by molar-refractivity contribution is -0.205. The molecule has 1 fully saturated rings. The molecule has 0 spiro atoms. The van der Waals surface area contributed by atoms with E-state index in [1.54, 1.807) is 0 Å². The molecule has 0 aliphatic carbocycles. The Hall–Kier alpha value is 0.150. The molecule has 0 aromatic rings. The molecule has 0 bridgehead atoms. The third-order valence-corrected chi connectivity index (χ3v) is 3.23. The molecule has 1 rings (SSSR count). The monoisotopic (exact) mass is 224 g/mol. The fraction of sp³-hybridized carbons (Fsp3) is 1.00. The molecule has 0 aromatic heterocycles. The molecule has 6 heteroatoms. The summed E-state index contributed by atoms with van der Waals surface area (Å²) >= 11 is 1.33. The molecule has 0 saturated carbocycles. The summed E-state index contributed by atoms with van der Waals surface area (Å²) in [5.74, 6) is 0.725. The maximum atomic E-state index is 9.51. The fourth-order valence-electron chi connectivity index (χ4n) is 1.37. The van der Waals surface area contributed by atoms with Gasteiger partial charge in [0.1, 0.15) is 29.9 Å². The van der Waals surface area contributed by atoms with Gasteiger partial charge in [0.2, 0.25) is 0 Å². The Kier molecular flexibility index (Phi) is 4.62. The van der Waals surface area contributed by atoms with Crippen molar-refractivity contribution in [2.75, 3.05) is 12.4 Å². The lowest BCUT2D eigenvalue weighted by Crippen LogP contribution is -2.57. The fourth-order valence-corrected chi connectivity index (χ4v) is 2.28. The third-order valence-electron chi connectivity index (χ3n) is 2.18. The summed E-state index contributed by atoms with van der Waals surface area (Å²) in [5.41, 5.74) is -0.587. The van der Waals surface area contributed by atoms with Gasteiger partial charge in [0.05, 0.1) is 6.61 Å². The number of hydrogen-bond acceptors (Lipinski definition) is 6. The van der Waals surface area contributed by atoms with E-state index in [1.165, 1.54) is 11.8 Å². The van der Waals surface area contributed by atoms with Crippen molar-refractivity contribution in [1.82, 2.24) is 0 Å². The molecule has 1 aliphatic rings. The molecule has 0 aromatic carbocycles. The highest BCUT2D eigenvalue weighted by atomic mass is 32.2. The van der Waals surface area contributed by atoms with E-state index in [1.807, 2.05) is 6.92 Å². The van der Waals surface area contributed by atoms with Gasteiger partial charge in [0.15, 0.2) is 0 Å². The first-order chi connectivity index (χ1) is 6.61. The van der Waals surface area contributed by atoms with Gasteiger partial charge in [-0.1, -0.05) is 6.92 Å². The number of aliphatic hydroxyl groups excluding tert-OH is 4. The van der Waals surface area contributed by atoms with Crippen LogP contribution in [0.2, 0.25) is 0 Å². The molecule has 5 nitrogen and oxygen atoms in total. The highest BCUT2D eigenvalue weighted by Gasteiger charge is 2.43. The van der Waals surface area contributed by atoms with Gasteiger partial charge in [-0.05, 0) is 5.75 Å². The first kappa shape index (κ1) is 12.2. The van der Waals surface area contributed by atoms with Gasteiger partial charge in [0, 0.05) is 0 Å². The van der Waals surface area contributed by atoms with E-state index in [0.717, 1.165) is 5.75 Å². The maximum absolute atomic E-state index is 9.51. The van der Waals surface area contributed by atoms with Crippen LogP contribution in [0, 0.1) is 0 Å². The Morgan fingerprint density at radius 2 is 1.79 bits per heavy atom. The van der Waals surface area contributed by atoms with E-state index in [0.29, 0.717) is 0 Å². The van der Waals surface area contributed by atoms with Crippen molar-refractivity contribution in [2.24, 2.45) is 0 Å². The van der Waals surface area contributed by atoms with Crippen LogP contribution in [-0.2, 0) is 4.74 Å². The van der Waals surface area contributed by atoms with Crippen molar-refractivity contribution in [1.29, 1.82) is 0 Å². The molecule has 5 atom stereocenters. The van der Waals surface area contributed by atoms with Crippen LogP contribution in [-0.4, -0.2) is 62.6 Å². The number of rotatable bonds is 3. The lowest BCUT2D eigenvalue weighted by atomic mass is 10.0. The van der Waals surface area contributed by atoms with E-state index in [-0.39, 0.29) is 6.61 Å². The Morgan fingerprint density at radius 3 is 2.29 bits per heavy atom. The Bertz CT molecular complexity index is 175. The maximum Gasteiger partial charge on any atom is 0.132 e. The van der Waals surface area contributed by atoms with E-state index in [9.17, 15) is 15.3 Å². The smallest absolute Gasteiger partial charge is 0.132 e. The number of ether oxygens (including phenoxy) is 1. The molecular formula is C8H16O5S. The summed E-state index contributed by atoms with van der Waals surface area (Å²) in [6.45, 7) is 1.53.